The van der Waals surface area contributed by atoms with Crippen LogP contribution in [0.2, 0.25) is 0 Å². The molecule has 3 rings (SSSR count). The van der Waals surface area contributed by atoms with Crippen molar-refractivity contribution in [3.8, 4) is 5.75 Å². The molecule has 1 aromatic rings. The first kappa shape index (κ1) is 12.9. The molecule has 2 atom stereocenters. The summed E-state index contributed by atoms with van der Waals surface area (Å²) in [4.78, 5) is 0. The molecule has 104 valence electrons. The Morgan fingerprint density at radius 3 is 2.53 bits per heavy atom. The number of para-hydroxylation sites is 1. The van der Waals surface area contributed by atoms with Crippen LogP contribution < -0.4 is 10.1 Å². The lowest BCUT2D eigenvalue weighted by Gasteiger charge is -2.58. The molecule has 1 aromatic carbocycles. The molecule has 0 radical (unpaired) electrons. The number of hydrogen-bond acceptors (Lipinski definition) is 3. The van der Waals surface area contributed by atoms with Gasteiger partial charge >= 0.3 is 0 Å². The number of methoxy groups -OCH3 is 1. The predicted octanol–water partition coefficient (Wildman–Crippen LogP) is 2.84. The molecule has 1 saturated carbocycles. The molecule has 3 nitrogen and oxygen atoms in total. The minimum Gasteiger partial charge on any atom is -0.496 e. The lowest BCUT2D eigenvalue weighted by Crippen LogP contribution is -2.67. The van der Waals surface area contributed by atoms with Crippen LogP contribution in [-0.2, 0) is 10.3 Å². The standard InChI is InChI=1S/C16H23NO2/c1-17-16(13-7-3-4-8-14(13)18-2)10-6-5-9-15(16)11-12-19-15/h3-4,7-8,17H,5-6,9-12H2,1-2H3/t15?,16-/m1/s1. The van der Waals surface area contributed by atoms with E-state index in [1.54, 1.807) is 7.11 Å². The van der Waals surface area contributed by atoms with Crippen LogP contribution in [-0.4, -0.2) is 26.4 Å². The molecule has 2 aliphatic rings. The topological polar surface area (TPSA) is 30.5 Å². The fourth-order valence-corrected chi connectivity index (χ4v) is 3.99. The normalized spacial score (nSPS) is 34.0. The van der Waals surface area contributed by atoms with Crippen LogP contribution in [0.25, 0.3) is 0 Å². The zero-order valence-corrected chi connectivity index (χ0v) is 11.9. The van der Waals surface area contributed by atoms with Gasteiger partial charge in [-0.3, -0.25) is 0 Å². The van der Waals surface area contributed by atoms with E-state index < -0.39 is 0 Å². The number of likely N-dealkylation sites (N-methyl/N-ethyl adjacent to an activating group) is 1. The average Bonchev–Trinajstić information content (AvgIpc) is 2.45. The van der Waals surface area contributed by atoms with E-state index in [1.807, 2.05) is 6.07 Å². The molecular formula is C16H23NO2. The average molecular weight is 261 g/mol. The molecule has 0 bridgehead atoms. The Morgan fingerprint density at radius 2 is 1.89 bits per heavy atom. The first-order valence-electron chi connectivity index (χ1n) is 7.24. The molecular weight excluding hydrogens is 238 g/mol. The van der Waals surface area contributed by atoms with E-state index in [0.29, 0.717) is 0 Å². The highest BCUT2D eigenvalue weighted by Gasteiger charge is 2.58. The summed E-state index contributed by atoms with van der Waals surface area (Å²) in [5.74, 6) is 0.966. The van der Waals surface area contributed by atoms with E-state index in [0.717, 1.165) is 31.6 Å². The Bertz CT molecular complexity index is 456. The van der Waals surface area contributed by atoms with Crippen molar-refractivity contribution in [1.29, 1.82) is 0 Å². The van der Waals surface area contributed by atoms with Crippen LogP contribution in [0.3, 0.4) is 0 Å². The third-order valence-corrected chi connectivity index (χ3v) is 5.04. The lowest BCUT2D eigenvalue weighted by atomic mass is 9.62. The van der Waals surface area contributed by atoms with E-state index in [9.17, 15) is 0 Å². The number of benzene rings is 1. The summed E-state index contributed by atoms with van der Waals surface area (Å²) < 4.78 is 11.7. The van der Waals surface area contributed by atoms with Crippen molar-refractivity contribution in [3.05, 3.63) is 29.8 Å². The molecule has 1 spiro atoms. The van der Waals surface area contributed by atoms with Crippen molar-refractivity contribution >= 4 is 0 Å². The minimum atomic E-state index is -0.101. The molecule has 1 heterocycles. The molecule has 1 N–H and O–H groups in total. The molecule has 1 unspecified atom stereocenters. The van der Waals surface area contributed by atoms with Crippen LogP contribution in [0.15, 0.2) is 24.3 Å². The quantitative estimate of drug-likeness (QED) is 0.907. The summed E-state index contributed by atoms with van der Waals surface area (Å²) in [6, 6.07) is 8.36. The molecule has 1 aliphatic heterocycles. The second kappa shape index (κ2) is 4.80. The third kappa shape index (κ3) is 1.72. The second-order valence-corrected chi connectivity index (χ2v) is 5.66. The Balaban J connectivity index is 2.10. The third-order valence-electron chi connectivity index (χ3n) is 5.04. The summed E-state index contributed by atoms with van der Waals surface area (Å²) in [5.41, 5.74) is 1.12. The highest BCUT2D eigenvalue weighted by molar-refractivity contribution is 5.42. The van der Waals surface area contributed by atoms with Crippen LogP contribution in [0.4, 0.5) is 0 Å². The lowest BCUT2D eigenvalue weighted by molar-refractivity contribution is -0.217. The van der Waals surface area contributed by atoms with Gasteiger partial charge in [0.1, 0.15) is 5.75 Å². The number of rotatable bonds is 3. The van der Waals surface area contributed by atoms with E-state index >= 15 is 0 Å². The van der Waals surface area contributed by atoms with Crippen molar-refractivity contribution in [2.45, 2.75) is 43.2 Å². The van der Waals surface area contributed by atoms with Crippen molar-refractivity contribution in [2.24, 2.45) is 0 Å². The molecule has 1 aliphatic carbocycles. The molecule has 3 heteroatoms. The van der Waals surface area contributed by atoms with Crippen molar-refractivity contribution in [2.75, 3.05) is 20.8 Å². The van der Waals surface area contributed by atoms with Gasteiger partial charge in [0.15, 0.2) is 0 Å². The highest BCUT2D eigenvalue weighted by Crippen LogP contribution is 2.54. The SMILES string of the molecule is CN[C@@]1(c2ccccc2OC)CCCCC12CCO2. The Morgan fingerprint density at radius 1 is 1.16 bits per heavy atom. The molecule has 2 fully saturated rings. The number of nitrogens with one attached hydrogen (secondary N) is 1. The largest absolute Gasteiger partial charge is 0.496 e. The summed E-state index contributed by atoms with van der Waals surface area (Å²) in [7, 11) is 3.81. The van der Waals surface area contributed by atoms with Gasteiger partial charge in [0.25, 0.3) is 0 Å². The first-order valence-corrected chi connectivity index (χ1v) is 7.24. The van der Waals surface area contributed by atoms with Gasteiger partial charge in [-0.15, -0.1) is 0 Å². The maximum atomic E-state index is 6.10. The monoisotopic (exact) mass is 261 g/mol. The van der Waals surface area contributed by atoms with Crippen LogP contribution >= 0.6 is 0 Å². The van der Waals surface area contributed by atoms with Crippen molar-refractivity contribution < 1.29 is 9.47 Å². The Labute approximate surface area is 115 Å². The molecule has 0 aromatic heterocycles. The van der Waals surface area contributed by atoms with E-state index in [2.05, 4.69) is 30.6 Å². The van der Waals surface area contributed by atoms with Crippen molar-refractivity contribution in [3.63, 3.8) is 0 Å². The van der Waals surface area contributed by atoms with Crippen LogP contribution in [0, 0.1) is 0 Å². The Hall–Kier alpha value is -1.06. The van der Waals surface area contributed by atoms with Gasteiger partial charge in [0, 0.05) is 12.0 Å². The molecule has 1 saturated heterocycles. The van der Waals surface area contributed by atoms with Gasteiger partial charge in [0.2, 0.25) is 0 Å². The van der Waals surface area contributed by atoms with Crippen LogP contribution in [0.5, 0.6) is 5.75 Å². The zero-order valence-electron chi connectivity index (χ0n) is 11.9. The smallest absolute Gasteiger partial charge is 0.124 e. The van der Waals surface area contributed by atoms with E-state index in [-0.39, 0.29) is 11.1 Å². The Kier molecular flexibility index (Phi) is 3.27. The molecule has 0 amide bonds. The summed E-state index contributed by atoms with van der Waals surface area (Å²) in [5, 5.41) is 3.60. The predicted molar refractivity (Wildman–Crippen MR) is 75.5 cm³/mol. The number of hydrogen-bond donors (Lipinski definition) is 1. The van der Waals surface area contributed by atoms with Gasteiger partial charge in [-0.05, 0) is 26.0 Å². The first-order chi connectivity index (χ1) is 9.28. The summed E-state index contributed by atoms with van der Waals surface area (Å²) >= 11 is 0. The second-order valence-electron chi connectivity index (χ2n) is 5.66. The maximum absolute atomic E-state index is 6.10. The fraction of sp³-hybridized carbons (Fsp3) is 0.625. The highest BCUT2D eigenvalue weighted by atomic mass is 16.5. The maximum Gasteiger partial charge on any atom is 0.124 e. The zero-order chi connectivity index (χ0) is 13.3. The van der Waals surface area contributed by atoms with Crippen LogP contribution in [0.1, 0.15) is 37.7 Å². The van der Waals surface area contributed by atoms with E-state index in [1.165, 1.54) is 18.4 Å². The summed E-state index contributed by atoms with van der Waals surface area (Å²) in [6.07, 6.45) is 5.91. The van der Waals surface area contributed by atoms with Gasteiger partial charge in [-0.25, -0.2) is 0 Å². The summed E-state index contributed by atoms with van der Waals surface area (Å²) in [6.45, 7) is 0.887. The number of ether oxygens (including phenoxy) is 2. The van der Waals surface area contributed by atoms with E-state index in [4.69, 9.17) is 9.47 Å². The van der Waals surface area contributed by atoms with Gasteiger partial charge < -0.3 is 14.8 Å². The van der Waals surface area contributed by atoms with Gasteiger partial charge in [-0.1, -0.05) is 31.0 Å². The van der Waals surface area contributed by atoms with Gasteiger partial charge in [0.05, 0.1) is 24.9 Å². The van der Waals surface area contributed by atoms with Gasteiger partial charge in [-0.2, -0.15) is 0 Å². The van der Waals surface area contributed by atoms with Crippen molar-refractivity contribution in [1.82, 2.24) is 5.32 Å². The minimum absolute atomic E-state index is 0.0331. The molecule has 19 heavy (non-hydrogen) atoms. The fourth-order valence-electron chi connectivity index (χ4n) is 3.99.